The summed E-state index contributed by atoms with van der Waals surface area (Å²) in [6.07, 6.45) is 2.09. The maximum absolute atomic E-state index is 13.9. The molecular formula is C12H14BrF2N. The number of halogens is 3. The molecule has 0 radical (unpaired) electrons. The van der Waals surface area contributed by atoms with Gasteiger partial charge in [-0.15, -0.1) is 0 Å². The molecule has 0 amide bonds. The topological polar surface area (TPSA) is 12.0 Å². The van der Waals surface area contributed by atoms with Crippen molar-refractivity contribution in [3.63, 3.8) is 0 Å². The van der Waals surface area contributed by atoms with E-state index in [2.05, 4.69) is 21.2 Å². The molecule has 0 bridgehead atoms. The molecule has 0 heterocycles. The molecule has 1 atom stereocenters. The van der Waals surface area contributed by atoms with Gasteiger partial charge in [0.15, 0.2) is 0 Å². The minimum absolute atomic E-state index is 0.179. The monoisotopic (exact) mass is 289 g/mol. The quantitative estimate of drug-likeness (QED) is 0.832. The zero-order chi connectivity index (χ0) is 11.7. The zero-order valence-electron chi connectivity index (χ0n) is 9.06. The van der Waals surface area contributed by atoms with Crippen LogP contribution < -0.4 is 5.32 Å². The smallest absolute Gasteiger partial charge is 0.145 e. The molecule has 0 spiro atoms. The Morgan fingerprint density at radius 2 is 2.12 bits per heavy atom. The van der Waals surface area contributed by atoms with Gasteiger partial charge in [0.2, 0.25) is 0 Å². The van der Waals surface area contributed by atoms with Crippen LogP contribution in [0.15, 0.2) is 16.6 Å². The number of nitrogens with one attached hydrogen (secondary N) is 1. The fourth-order valence-corrected chi connectivity index (χ4v) is 2.33. The highest BCUT2D eigenvalue weighted by Gasteiger charge is 2.35. The fraction of sp³-hybridized carbons (Fsp3) is 0.500. The Balaban J connectivity index is 2.39. The van der Waals surface area contributed by atoms with Crippen LogP contribution in [0.2, 0.25) is 0 Å². The number of hydrogen-bond acceptors (Lipinski definition) is 1. The minimum atomic E-state index is -0.474. The molecule has 1 fully saturated rings. The highest BCUT2D eigenvalue weighted by Crippen LogP contribution is 2.43. The Kier molecular flexibility index (Phi) is 3.60. The van der Waals surface area contributed by atoms with Gasteiger partial charge in [0.25, 0.3) is 0 Å². The summed E-state index contributed by atoms with van der Waals surface area (Å²) in [5, 5.41) is 3.17. The predicted molar refractivity (Wildman–Crippen MR) is 63.2 cm³/mol. The Morgan fingerprint density at radius 3 is 2.69 bits per heavy atom. The first-order valence-corrected chi connectivity index (χ1v) is 6.31. The Morgan fingerprint density at radius 1 is 1.44 bits per heavy atom. The van der Waals surface area contributed by atoms with Gasteiger partial charge in [0.1, 0.15) is 11.6 Å². The van der Waals surface area contributed by atoms with E-state index in [9.17, 15) is 8.78 Å². The van der Waals surface area contributed by atoms with Crippen LogP contribution in [0.5, 0.6) is 0 Å². The van der Waals surface area contributed by atoms with Gasteiger partial charge in [-0.2, -0.15) is 0 Å². The van der Waals surface area contributed by atoms with E-state index in [4.69, 9.17) is 0 Å². The van der Waals surface area contributed by atoms with Crippen molar-refractivity contribution in [3.8, 4) is 0 Å². The lowest BCUT2D eigenvalue weighted by molar-refractivity contribution is 0.439. The molecule has 0 aliphatic heterocycles. The van der Waals surface area contributed by atoms with Gasteiger partial charge in [-0.25, -0.2) is 8.78 Å². The first kappa shape index (κ1) is 12.0. The van der Waals surface area contributed by atoms with E-state index < -0.39 is 11.6 Å². The van der Waals surface area contributed by atoms with Crippen LogP contribution in [-0.4, -0.2) is 6.54 Å². The summed E-state index contributed by atoms with van der Waals surface area (Å²) in [6.45, 7) is 2.66. The van der Waals surface area contributed by atoms with Crippen LogP contribution in [0.3, 0.4) is 0 Å². The third-order valence-electron chi connectivity index (χ3n) is 2.91. The standard InChI is InChI=1S/C12H14BrF2N/c1-2-16-12(7-3-4-7)10-9(14)6-5-8(13)11(10)15/h5-7,12,16H,2-4H2,1H3. The molecule has 1 aliphatic rings. The SMILES string of the molecule is CCNC(c1c(F)ccc(Br)c1F)C1CC1. The van der Waals surface area contributed by atoms with Crippen molar-refractivity contribution < 1.29 is 8.78 Å². The minimum Gasteiger partial charge on any atom is -0.310 e. The van der Waals surface area contributed by atoms with E-state index in [0.717, 1.165) is 12.8 Å². The first-order valence-electron chi connectivity index (χ1n) is 5.52. The average molecular weight is 290 g/mol. The van der Waals surface area contributed by atoms with Gasteiger partial charge in [-0.05, 0) is 53.4 Å². The van der Waals surface area contributed by atoms with Gasteiger partial charge < -0.3 is 5.32 Å². The molecule has 4 heteroatoms. The summed E-state index contributed by atoms with van der Waals surface area (Å²) in [6, 6.07) is 2.53. The molecule has 1 saturated carbocycles. The van der Waals surface area contributed by atoms with Gasteiger partial charge in [0, 0.05) is 11.6 Å². The van der Waals surface area contributed by atoms with Crippen LogP contribution in [0.4, 0.5) is 8.78 Å². The van der Waals surface area contributed by atoms with Crippen molar-refractivity contribution in [2.24, 2.45) is 5.92 Å². The number of hydrogen-bond donors (Lipinski definition) is 1. The Bertz CT molecular complexity index is 391. The van der Waals surface area contributed by atoms with E-state index in [0.29, 0.717) is 16.9 Å². The molecule has 1 N–H and O–H groups in total. The van der Waals surface area contributed by atoms with Crippen molar-refractivity contribution >= 4 is 15.9 Å². The van der Waals surface area contributed by atoms with E-state index in [1.165, 1.54) is 12.1 Å². The van der Waals surface area contributed by atoms with Crippen LogP contribution in [-0.2, 0) is 0 Å². The van der Waals surface area contributed by atoms with Crippen molar-refractivity contribution in [2.45, 2.75) is 25.8 Å². The maximum atomic E-state index is 13.9. The summed E-state index contributed by atoms with van der Waals surface area (Å²) < 4.78 is 27.9. The van der Waals surface area contributed by atoms with E-state index in [1.807, 2.05) is 6.92 Å². The van der Waals surface area contributed by atoms with Crippen molar-refractivity contribution in [2.75, 3.05) is 6.54 Å². The summed E-state index contributed by atoms with van der Waals surface area (Å²) >= 11 is 3.10. The van der Waals surface area contributed by atoms with Gasteiger partial charge >= 0.3 is 0 Å². The number of rotatable bonds is 4. The molecular weight excluding hydrogens is 276 g/mol. The van der Waals surface area contributed by atoms with Crippen LogP contribution in [0, 0.1) is 17.6 Å². The summed E-state index contributed by atoms with van der Waals surface area (Å²) in [7, 11) is 0. The van der Waals surface area contributed by atoms with Crippen molar-refractivity contribution in [1.29, 1.82) is 0 Å². The summed E-state index contributed by atoms with van der Waals surface area (Å²) in [5.74, 6) is -0.561. The second-order valence-electron chi connectivity index (χ2n) is 4.13. The lowest BCUT2D eigenvalue weighted by atomic mass is 10.0. The lowest BCUT2D eigenvalue weighted by Gasteiger charge is -2.19. The predicted octanol–water partition coefficient (Wildman–Crippen LogP) is 3.79. The molecule has 2 rings (SSSR count). The van der Waals surface area contributed by atoms with E-state index >= 15 is 0 Å². The molecule has 0 aromatic heterocycles. The molecule has 1 nitrogen and oxygen atoms in total. The van der Waals surface area contributed by atoms with Crippen LogP contribution in [0.25, 0.3) is 0 Å². The summed E-state index contributed by atoms with van der Waals surface area (Å²) in [5.41, 5.74) is 0.179. The first-order chi connectivity index (χ1) is 7.65. The highest BCUT2D eigenvalue weighted by atomic mass is 79.9. The lowest BCUT2D eigenvalue weighted by Crippen LogP contribution is -2.24. The highest BCUT2D eigenvalue weighted by molar-refractivity contribution is 9.10. The fourth-order valence-electron chi connectivity index (χ4n) is 1.98. The molecule has 1 unspecified atom stereocenters. The molecule has 0 saturated heterocycles. The third-order valence-corrected chi connectivity index (χ3v) is 3.52. The number of benzene rings is 1. The van der Waals surface area contributed by atoms with Gasteiger partial charge in [-0.3, -0.25) is 0 Å². The average Bonchev–Trinajstić information content (AvgIpc) is 3.06. The van der Waals surface area contributed by atoms with E-state index in [-0.39, 0.29) is 11.6 Å². The van der Waals surface area contributed by atoms with Crippen LogP contribution >= 0.6 is 15.9 Å². The zero-order valence-corrected chi connectivity index (χ0v) is 10.7. The second kappa shape index (κ2) is 4.80. The van der Waals surface area contributed by atoms with E-state index in [1.54, 1.807) is 0 Å². The molecule has 88 valence electrons. The largest absolute Gasteiger partial charge is 0.310 e. The van der Waals surface area contributed by atoms with Crippen LogP contribution in [0.1, 0.15) is 31.4 Å². The van der Waals surface area contributed by atoms with Gasteiger partial charge in [-0.1, -0.05) is 6.92 Å². The molecule has 1 aromatic carbocycles. The molecule has 1 aromatic rings. The molecule has 1 aliphatic carbocycles. The van der Waals surface area contributed by atoms with Crippen molar-refractivity contribution in [3.05, 3.63) is 33.8 Å². The summed E-state index contributed by atoms with van der Waals surface area (Å²) in [4.78, 5) is 0. The van der Waals surface area contributed by atoms with Crippen molar-refractivity contribution in [1.82, 2.24) is 5.32 Å². The maximum Gasteiger partial charge on any atom is 0.145 e. The third kappa shape index (κ3) is 2.28. The Labute approximate surface area is 102 Å². The second-order valence-corrected chi connectivity index (χ2v) is 4.98. The Hall–Kier alpha value is -0.480. The molecule has 16 heavy (non-hydrogen) atoms. The van der Waals surface area contributed by atoms with Gasteiger partial charge in [0.05, 0.1) is 4.47 Å². The normalized spacial score (nSPS) is 17.5.